The van der Waals surface area contributed by atoms with E-state index in [0.29, 0.717) is 22.8 Å². The average Bonchev–Trinajstić information content (AvgIpc) is 3.14. The molecule has 0 radical (unpaired) electrons. The van der Waals surface area contributed by atoms with Crippen molar-refractivity contribution in [2.24, 2.45) is 0 Å². The van der Waals surface area contributed by atoms with E-state index in [4.69, 9.17) is 28.2 Å². The number of hydrogen-bond acceptors (Lipinski definition) is 4. The maximum absolute atomic E-state index is 13.2. The molecule has 0 aliphatic carbocycles. The van der Waals surface area contributed by atoms with E-state index in [1.807, 2.05) is 19.1 Å². The van der Waals surface area contributed by atoms with Crippen molar-refractivity contribution in [2.75, 3.05) is 5.43 Å². The third kappa shape index (κ3) is 3.30. The summed E-state index contributed by atoms with van der Waals surface area (Å²) in [5.41, 5.74) is 3.87. The van der Waals surface area contributed by atoms with Gasteiger partial charge in [0.15, 0.2) is 5.82 Å². The van der Waals surface area contributed by atoms with Crippen LogP contribution in [0.1, 0.15) is 18.5 Å². The summed E-state index contributed by atoms with van der Waals surface area (Å²) in [4.78, 5) is 0. The maximum Gasteiger partial charge on any atom is 0.214 e. The minimum Gasteiger partial charge on any atom is -0.459 e. The zero-order valence-corrected chi connectivity index (χ0v) is 13.8. The maximum atomic E-state index is 13.2. The van der Waals surface area contributed by atoms with Crippen LogP contribution >= 0.6 is 23.8 Å². The van der Waals surface area contributed by atoms with Crippen LogP contribution in [-0.4, -0.2) is 14.9 Å². The molecule has 0 spiro atoms. The van der Waals surface area contributed by atoms with Gasteiger partial charge in [-0.3, -0.25) is 5.10 Å². The molecule has 0 fully saturated rings. The van der Waals surface area contributed by atoms with Crippen molar-refractivity contribution in [3.05, 3.63) is 57.5 Å². The molecule has 2 aromatic heterocycles. The highest BCUT2D eigenvalue weighted by molar-refractivity contribution is 7.71. The van der Waals surface area contributed by atoms with Gasteiger partial charge in [0, 0.05) is 12.0 Å². The first-order valence-corrected chi connectivity index (χ1v) is 7.81. The van der Waals surface area contributed by atoms with Gasteiger partial charge < -0.3 is 9.84 Å². The first-order valence-electron chi connectivity index (χ1n) is 7.02. The lowest BCUT2D eigenvalue weighted by atomic mass is 10.2. The summed E-state index contributed by atoms with van der Waals surface area (Å²) in [6.45, 7) is 2.43. The van der Waals surface area contributed by atoms with E-state index >= 15 is 0 Å². The second-order valence-electron chi connectivity index (χ2n) is 4.86. The van der Waals surface area contributed by atoms with Gasteiger partial charge in [0.25, 0.3) is 0 Å². The van der Waals surface area contributed by atoms with Crippen molar-refractivity contribution in [3.63, 3.8) is 0 Å². The Morgan fingerprint density at radius 2 is 2.22 bits per heavy atom. The highest BCUT2D eigenvalue weighted by Gasteiger charge is 2.09. The zero-order chi connectivity index (χ0) is 16.4. The van der Waals surface area contributed by atoms with Gasteiger partial charge in [-0.05, 0) is 42.5 Å². The number of hydrogen-bond donors (Lipinski definition) is 2. The Morgan fingerprint density at radius 3 is 2.96 bits per heavy atom. The number of aromatic nitrogens is 3. The molecule has 3 aromatic rings. The van der Waals surface area contributed by atoms with Crippen LogP contribution < -0.4 is 5.43 Å². The lowest BCUT2D eigenvalue weighted by Gasteiger charge is -2.07. The molecule has 0 unspecified atom stereocenters. The first-order chi connectivity index (χ1) is 11.1. The summed E-state index contributed by atoms with van der Waals surface area (Å²) in [5.74, 6) is 1.69. The molecule has 8 heteroatoms. The lowest BCUT2D eigenvalue weighted by Crippen LogP contribution is -2.16. The van der Waals surface area contributed by atoms with Crippen molar-refractivity contribution < 1.29 is 8.81 Å². The molecule has 3 rings (SSSR count). The van der Waals surface area contributed by atoms with Gasteiger partial charge in [-0.15, -0.1) is 0 Å². The van der Waals surface area contributed by atoms with E-state index in [9.17, 15) is 4.39 Å². The summed E-state index contributed by atoms with van der Waals surface area (Å²) in [5, 5.41) is 6.92. The van der Waals surface area contributed by atoms with Gasteiger partial charge in [0.2, 0.25) is 4.77 Å². The van der Waals surface area contributed by atoms with Crippen LogP contribution in [0.4, 0.5) is 4.39 Å². The minimum absolute atomic E-state index is 0.0656. The number of aromatic amines is 1. The molecule has 23 heavy (non-hydrogen) atoms. The Kier molecular flexibility index (Phi) is 4.49. The third-order valence-electron chi connectivity index (χ3n) is 3.34. The molecule has 2 N–H and O–H groups in total. The van der Waals surface area contributed by atoms with E-state index < -0.39 is 5.82 Å². The predicted octanol–water partition coefficient (Wildman–Crippen LogP) is 4.30. The van der Waals surface area contributed by atoms with Crippen LogP contribution in [0.25, 0.3) is 11.3 Å². The number of halogens is 2. The van der Waals surface area contributed by atoms with Crippen molar-refractivity contribution in [2.45, 2.75) is 19.9 Å². The number of furan rings is 1. The number of H-pyrrole nitrogens is 1. The lowest BCUT2D eigenvalue weighted by molar-refractivity contribution is 0.521. The van der Waals surface area contributed by atoms with E-state index in [1.54, 1.807) is 10.7 Å². The van der Waals surface area contributed by atoms with Gasteiger partial charge >= 0.3 is 0 Å². The highest BCUT2D eigenvalue weighted by atomic mass is 35.5. The summed E-state index contributed by atoms with van der Waals surface area (Å²) in [7, 11) is 0. The molecule has 0 amide bonds. The van der Waals surface area contributed by atoms with Gasteiger partial charge in [0.1, 0.15) is 17.3 Å². The van der Waals surface area contributed by atoms with Crippen molar-refractivity contribution in [1.29, 1.82) is 0 Å². The molecule has 120 valence electrons. The Hall–Kier alpha value is -2.12. The summed E-state index contributed by atoms with van der Waals surface area (Å²) in [6, 6.07) is 8.13. The van der Waals surface area contributed by atoms with Gasteiger partial charge in [-0.2, -0.15) is 5.10 Å². The van der Waals surface area contributed by atoms with E-state index in [2.05, 4.69) is 15.6 Å². The fourth-order valence-corrected chi connectivity index (χ4v) is 2.56. The topological polar surface area (TPSA) is 58.8 Å². The zero-order valence-electron chi connectivity index (χ0n) is 12.3. The van der Waals surface area contributed by atoms with Gasteiger partial charge in [0.05, 0.1) is 11.6 Å². The number of benzene rings is 1. The highest BCUT2D eigenvalue weighted by Crippen LogP contribution is 2.26. The molecule has 2 heterocycles. The Bertz CT molecular complexity index is 886. The normalized spacial score (nSPS) is 10.9. The van der Waals surface area contributed by atoms with E-state index in [0.717, 1.165) is 17.8 Å². The summed E-state index contributed by atoms with van der Waals surface area (Å²) in [6.07, 6.45) is 0.748. The van der Waals surface area contributed by atoms with Gasteiger partial charge in [-0.25, -0.2) is 9.07 Å². The second kappa shape index (κ2) is 6.55. The molecule has 0 aliphatic heterocycles. The summed E-state index contributed by atoms with van der Waals surface area (Å²) < 4.78 is 21.2. The van der Waals surface area contributed by atoms with Crippen molar-refractivity contribution in [3.8, 4) is 11.3 Å². The second-order valence-corrected chi connectivity index (χ2v) is 5.66. The smallest absolute Gasteiger partial charge is 0.214 e. The summed E-state index contributed by atoms with van der Waals surface area (Å²) >= 11 is 11.0. The number of rotatable bonds is 5. The molecular weight excluding hydrogens is 339 g/mol. The molecule has 0 bridgehead atoms. The predicted molar refractivity (Wildman–Crippen MR) is 89.0 cm³/mol. The Balaban J connectivity index is 1.76. The molecule has 0 saturated heterocycles. The Morgan fingerprint density at radius 1 is 1.39 bits per heavy atom. The standard InChI is InChI=1S/C15H14ClFN4OS/c1-2-14-19-20-15(23)21(14)18-8-10-4-6-13(22-10)9-3-5-12(17)11(16)7-9/h3-7,18H,2,8H2,1H3,(H,20,23). The van der Waals surface area contributed by atoms with Crippen LogP contribution in [0.5, 0.6) is 0 Å². The van der Waals surface area contributed by atoms with Crippen LogP contribution in [0.2, 0.25) is 5.02 Å². The third-order valence-corrected chi connectivity index (χ3v) is 3.90. The monoisotopic (exact) mass is 352 g/mol. The van der Waals surface area contributed by atoms with Crippen LogP contribution in [0, 0.1) is 10.6 Å². The molecule has 5 nitrogen and oxygen atoms in total. The average molecular weight is 353 g/mol. The number of nitrogens with zero attached hydrogens (tertiary/aromatic N) is 2. The first kappa shape index (κ1) is 15.8. The minimum atomic E-state index is -0.453. The molecule has 0 saturated carbocycles. The van der Waals surface area contributed by atoms with Crippen molar-refractivity contribution in [1.82, 2.24) is 14.9 Å². The molecular formula is C15H14ClFN4OS. The number of nitrogens with one attached hydrogen (secondary N) is 2. The molecule has 1 aromatic carbocycles. The van der Waals surface area contributed by atoms with Crippen LogP contribution in [0.15, 0.2) is 34.7 Å². The SMILES string of the molecule is CCc1n[nH]c(=S)n1NCc1ccc(-c2ccc(F)c(Cl)c2)o1. The van der Waals surface area contributed by atoms with E-state index in [1.165, 1.54) is 12.1 Å². The molecule has 0 aliphatic rings. The van der Waals surface area contributed by atoms with Gasteiger partial charge in [-0.1, -0.05) is 18.5 Å². The van der Waals surface area contributed by atoms with Crippen molar-refractivity contribution >= 4 is 23.8 Å². The van der Waals surface area contributed by atoms with Crippen LogP contribution in [0.3, 0.4) is 0 Å². The van der Waals surface area contributed by atoms with Crippen LogP contribution in [-0.2, 0) is 13.0 Å². The largest absolute Gasteiger partial charge is 0.459 e. The molecule has 0 atom stereocenters. The van der Waals surface area contributed by atoms with E-state index in [-0.39, 0.29) is 5.02 Å². The fourth-order valence-electron chi connectivity index (χ4n) is 2.16. The Labute approximate surface area is 142 Å². The quantitative estimate of drug-likeness (QED) is 0.672. The fraction of sp³-hybridized carbons (Fsp3) is 0.200. The number of aryl methyl sites for hydroxylation is 1.